The van der Waals surface area contributed by atoms with Gasteiger partial charge in [0.1, 0.15) is 6.10 Å². The Bertz CT molecular complexity index is 1540. The van der Waals surface area contributed by atoms with E-state index in [1.807, 2.05) is 6.07 Å². The zero-order valence-corrected chi connectivity index (χ0v) is 25.8. The van der Waals surface area contributed by atoms with Gasteiger partial charge in [0, 0.05) is 6.42 Å². The minimum Gasteiger partial charge on any atom is -0.405 e. The smallest absolute Gasteiger partial charge is 0.261 e. The molecule has 3 nitrogen and oxygen atoms in total. The Balaban J connectivity index is 1.32. The van der Waals surface area contributed by atoms with Crippen LogP contribution in [0.2, 0.25) is 5.04 Å². The number of ether oxygens (including phenoxy) is 2. The molecule has 214 valence electrons. The molecule has 0 unspecified atom stereocenters. The molecule has 0 spiro atoms. The lowest BCUT2D eigenvalue weighted by Gasteiger charge is -2.43. The van der Waals surface area contributed by atoms with Crippen LogP contribution in [0.15, 0.2) is 133 Å². The maximum Gasteiger partial charge on any atom is 0.261 e. The van der Waals surface area contributed by atoms with Gasteiger partial charge in [-0.05, 0) is 43.4 Å². The van der Waals surface area contributed by atoms with Crippen molar-refractivity contribution in [1.29, 1.82) is 0 Å². The highest BCUT2D eigenvalue weighted by Gasteiger charge is 2.51. The Morgan fingerprint density at radius 1 is 0.690 bits per heavy atom. The predicted molar refractivity (Wildman–Crippen MR) is 175 cm³/mol. The number of rotatable bonds is 9. The molecule has 0 amide bonds. The molecule has 0 saturated carbocycles. The summed E-state index contributed by atoms with van der Waals surface area (Å²) in [4.78, 5) is 0. The molecule has 0 radical (unpaired) electrons. The van der Waals surface area contributed by atoms with Crippen LogP contribution in [0.1, 0.15) is 44.4 Å². The first-order valence-electron chi connectivity index (χ1n) is 15.0. The molecule has 1 saturated heterocycles. The zero-order chi connectivity index (χ0) is 29.0. The normalized spacial score (nSPS) is 19.3. The van der Waals surface area contributed by atoms with Gasteiger partial charge in [-0.1, -0.05) is 148 Å². The largest absolute Gasteiger partial charge is 0.405 e. The van der Waals surface area contributed by atoms with Crippen molar-refractivity contribution in [2.24, 2.45) is 0 Å². The van der Waals surface area contributed by atoms with Crippen LogP contribution in [0.5, 0.6) is 0 Å². The summed E-state index contributed by atoms with van der Waals surface area (Å²) in [6, 6.07) is 47.2. The zero-order valence-electron chi connectivity index (χ0n) is 24.8. The quantitative estimate of drug-likeness (QED) is 0.169. The Kier molecular flexibility index (Phi) is 8.41. The fourth-order valence-corrected chi connectivity index (χ4v) is 11.0. The van der Waals surface area contributed by atoms with Crippen LogP contribution in [0.4, 0.5) is 0 Å². The van der Waals surface area contributed by atoms with Crippen LogP contribution in [0.3, 0.4) is 0 Å². The number of benzene rings is 5. The summed E-state index contributed by atoms with van der Waals surface area (Å²) >= 11 is 0. The minimum absolute atomic E-state index is 0.0527. The van der Waals surface area contributed by atoms with E-state index in [4.69, 9.17) is 13.9 Å². The van der Waals surface area contributed by atoms with Gasteiger partial charge in [0.15, 0.2) is 0 Å². The maximum absolute atomic E-state index is 7.32. The van der Waals surface area contributed by atoms with E-state index in [0.29, 0.717) is 13.2 Å². The molecule has 5 aromatic rings. The molecule has 1 aliphatic rings. The van der Waals surface area contributed by atoms with Crippen molar-refractivity contribution in [3.05, 3.63) is 145 Å². The average Bonchev–Trinajstić information content (AvgIpc) is 3.44. The highest BCUT2D eigenvalue weighted by Crippen LogP contribution is 2.40. The van der Waals surface area contributed by atoms with Crippen molar-refractivity contribution < 1.29 is 13.9 Å². The molecule has 1 heterocycles. The standard InChI is InChI=1S/C38H40O3Si/c1-38(2,3)42(33-19-9-5-10-20-33,34-21-11-6-12-22-34)40-28-37-36(39-27-29-15-7-4-8-16-29)26-35(41-37)32-24-23-30-17-13-14-18-31(30)25-32/h4-25,35-37H,26-28H2,1-3H3/t35-,36+,37-/m1/s1. The van der Waals surface area contributed by atoms with Crippen LogP contribution in [0, 0.1) is 0 Å². The van der Waals surface area contributed by atoms with E-state index < -0.39 is 8.32 Å². The van der Waals surface area contributed by atoms with Gasteiger partial charge in [-0.15, -0.1) is 0 Å². The fraction of sp³-hybridized carbons (Fsp3) is 0.263. The van der Waals surface area contributed by atoms with E-state index in [-0.39, 0.29) is 23.4 Å². The van der Waals surface area contributed by atoms with Gasteiger partial charge in [-0.2, -0.15) is 0 Å². The van der Waals surface area contributed by atoms with Crippen molar-refractivity contribution in [3.63, 3.8) is 0 Å². The third-order valence-electron chi connectivity index (χ3n) is 8.53. The van der Waals surface area contributed by atoms with Gasteiger partial charge in [-0.3, -0.25) is 0 Å². The molecule has 0 N–H and O–H groups in total. The number of hydrogen-bond donors (Lipinski definition) is 0. The summed E-state index contributed by atoms with van der Waals surface area (Å²) in [5.74, 6) is 0. The molecule has 3 atom stereocenters. The predicted octanol–water partition coefficient (Wildman–Crippen LogP) is 7.83. The number of hydrogen-bond acceptors (Lipinski definition) is 3. The van der Waals surface area contributed by atoms with E-state index in [9.17, 15) is 0 Å². The molecule has 6 rings (SSSR count). The first-order valence-corrected chi connectivity index (χ1v) is 16.9. The Labute approximate surface area is 251 Å². The molecule has 0 bridgehead atoms. The van der Waals surface area contributed by atoms with E-state index in [2.05, 4.69) is 148 Å². The molecule has 1 fully saturated rings. The van der Waals surface area contributed by atoms with Crippen LogP contribution in [0.25, 0.3) is 10.8 Å². The molecule has 4 heteroatoms. The van der Waals surface area contributed by atoms with E-state index in [0.717, 1.165) is 6.42 Å². The highest BCUT2D eigenvalue weighted by molar-refractivity contribution is 6.99. The molecule has 42 heavy (non-hydrogen) atoms. The summed E-state index contributed by atoms with van der Waals surface area (Å²) in [5, 5.41) is 4.91. The van der Waals surface area contributed by atoms with Crippen LogP contribution < -0.4 is 10.4 Å². The Hall–Kier alpha value is -3.54. The third kappa shape index (κ3) is 5.86. The maximum atomic E-state index is 7.32. The topological polar surface area (TPSA) is 27.7 Å². The summed E-state index contributed by atoms with van der Waals surface area (Å²) in [5.41, 5.74) is 2.35. The lowest BCUT2D eigenvalue weighted by molar-refractivity contribution is -0.0494. The molecule has 1 aliphatic heterocycles. The van der Waals surface area contributed by atoms with Gasteiger partial charge < -0.3 is 13.9 Å². The molecular weight excluding hydrogens is 533 g/mol. The first kappa shape index (κ1) is 28.6. The second-order valence-electron chi connectivity index (χ2n) is 12.3. The average molecular weight is 573 g/mol. The summed E-state index contributed by atoms with van der Waals surface area (Å²) < 4.78 is 20.8. The molecule has 0 aromatic heterocycles. The second-order valence-corrected chi connectivity index (χ2v) is 16.6. The van der Waals surface area contributed by atoms with Crippen LogP contribution in [-0.4, -0.2) is 27.1 Å². The molecule has 0 aliphatic carbocycles. The second kappa shape index (κ2) is 12.4. The van der Waals surface area contributed by atoms with Crippen molar-refractivity contribution >= 4 is 29.5 Å². The van der Waals surface area contributed by atoms with Crippen molar-refractivity contribution in [2.75, 3.05) is 6.61 Å². The van der Waals surface area contributed by atoms with Crippen molar-refractivity contribution in [2.45, 2.75) is 57.1 Å². The summed E-state index contributed by atoms with van der Waals surface area (Å²) in [6.45, 7) is 7.97. The Morgan fingerprint density at radius 3 is 1.88 bits per heavy atom. The summed E-state index contributed by atoms with van der Waals surface area (Å²) in [7, 11) is -2.71. The highest BCUT2D eigenvalue weighted by atomic mass is 28.4. The van der Waals surface area contributed by atoms with Gasteiger partial charge >= 0.3 is 0 Å². The lowest BCUT2D eigenvalue weighted by Crippen LogP contribution is -2.67. The fourth-order valence-electron chi connectivity index (χ4n) is 6.41. The molecule has 5 aromatic carbocycles. The SMILES string of the molecule is CC(C)(C)[Si](OC[C@H]1O[C@@H](c2ccc3ccccc3c2)C[C@@H]1OCc1ccccc1)(c1ccccc1)c1ccccc1. The first-order chi connectivity index (χ1) is 20.4. The van der Waals surface area contributed by atoms with E-state index in [1.165, 1.54) is 32.3 Å². The number of fused-ring (bicyclic) bond motifs is 1. The monoisotopic (exact) mass is 572 g/mol. The van der Waals surface area contributed by atoms with Crippen molar-refractivity contribution in [3.8, 4) is 0 Å². The van der Waals surface area contributed by atoms with Gasteiger partial charge in [0.05, 0.1) is 25.4 Å². The molecular formula is C38H40O3Si. The van der Waals surface area contributed by atoms with Crippen LogP contribution >= 0.6 is 0 Å². The van der Waals surface area contributed by atoms with Gasteiger partial charge in [-0.25, -0.2) is 0 Å². The van der Waals surface area contributed by atoms with E-state index in [1.54, 1.807) is 0 Å². The minimum atomic E-state index is -2.71. The lowest BCUT2D eigenvalue weighted by atomic mass is 10.0. The van der Waals surface area contributed by atoms with Crippen molar-refractivity contribution in [1.82, 2.24) is 0 Å². The summed E-state index contributed by atoms with van der Waals surface area (Å²) in [6.07, 6.45) is 0.467. The van der Waals surface area contributed by atoms with E-state index >= 15 is 0 Å². The Morgan fingerprint density at radius 2 is 1.26 bits per heavy atom. The van der Waals surface area contributed by atoms with Crippen LogP contribution in [-0.2, 0) is 20.5 Å². The third-order valence-corrected chi connectivity index (χ3v) is 13.5. The van der Waals surface area contributed by atoms with Gasteiger partial charge in [0.25, 0.3) is 8.32 Å². The van der Waals surface area contributed by atoms with Gasteiger partial charge in [0.2, 0.25) is 0 Å².